The second-order valence-corrected chi connectivity index (χ2v) is 3.38. The lowest BCUT2D eigenvalue weighted by molar-refractivity contribution is -0.116. The van der Waals surface area contributed by atoms with Gasteiger partial charge in [-0.1, -0.05) is 29.3 Å². The number of hydrogen-bond donors (Lipinski definition) is 0. The van der Waals surface area contributed by atoms with Gasteiger partial charge in [-0.3, -0.25) is 4.79 Å². The summed E-state index contributed by atoms with van der Waals surface area (Å²) in [7, 11) is 0. The fourth-order valence-corrected chi connectivity index (χ4v) is 1.29. The fourth-order valence-electron chi connectivity index (χ4n) is 1.11. The first-order valence-electron chi connectivity index (χ1n) is 3.84. The summed E-state index contributed by atoms with van der Waals surface area (Å²) in [5, 5.41) is 0.677. The highest BCUT2D eigenvalue weighted by molar-refractivity contribution is 6.31. The van der Waals surface area contributed by atoms with E-state index < -0.39 is 0 Å². The third kappa shape index (κ3) is 2.35. The Kier molecular flexibility index (Phi) is 2.88. The van der Waals surface area contributed by atoms with Gasteiger partial charge in [0.2, 0.25) is 0 Å². The van der Waals surface area contributed by atoms with E-state index in [1.165, 1.54) is 0 Å². The molecule has 0 saturated carbocycles. The molecule has 0 atom stereocenters. The largest absolute Gasteiger partial charge is 0.300 e. The van der Waals surface area contributed by atoms with E-state index in [1.54, 1.807) is 6.92 Å². The van der Waals surface area contributed by atoms with E-state index in [4.69, 9.17) is 11.6 Å². The molecule has 0 aliphatic rings. The number of Topliss-reactive ketones (excluding diaryl/α,β-unsaturated/α-hetero) is 1. The van der Waals surface area contributed by atoms with Crippen LogP contribution in [0, 0.1) is 6.92 Å². The standard InChI is InChI=1S/C10H11ClO/c1-7-3-4-10(11)9(5-7)6-8(2)12/h3-5H,6H2,1-2H3. The third-order valence-electron chi connectivity index (χ3n) is 1.64. The summed E-state index contributed by atoms with van der Waals surface area (Å²) >= 11 is 5.89. The predicted molar refractivity (Wildman–Crippen MR) is 50.6 cm³/mol. The molecule has 0 aliphatic carbocycles. The summed E-state index contributed by atoms with van der Waals surface area (Å²) < 4.78 is 0. The lowest BCUT2D eigenvalue weighted by Crippen LogP contribution is -1.97. The van der Waals surface area contributed by atoms with Gasteiger partial charge in [0, 0.05) is 11.4 Å². The zero-order chi connectivity index (χ0) is 9.14. The first-order valence-corrected chi connectivity index (χ1v) is 4.22. The van der Waals surface area contributed by atoms with Crippen molar-refractivity contribution in [2.75, 3.05) is 0 Å². The van der Waals surface area contributed by atoms with Crippen molar-refractivity contribution in [1.82, 2.24) is 0 Å². The molecule has 0 aliphatic heterocycles. The van der Waals surface area contributed by atoms with E-state index in [0.29, 0.717) is 11.4 Å². The lowest BCUT2D eigenvalue weighted by atomic mass is 10.1. The number of hydrogen-bond acceptors (Lipinski definition) is 1. The Hall–Kier alpha value is -0.820. The SMILES string of the molecule is CC(=O)Cc1cc(C)ccc1Cl. The Morgan fingerprint density at radius 2 is 2.17 bits per heavy atom. The van der Waals surface area contributed by atoms with Crippen LogP contribution in [0.15, 0.2) is 18.2 Å². The summed E-state index contributed by atoms with van der Waals surface area (Å²) in [5.74, 6) is 0.141. The predicted octanol–water partition coefficient (Wildman–Crippen LogP) is 2.78. The van der Waals surface area contributed by atoms with Crippen molar-refractivity contribution in [3.63, 3.8) is 0 Å². The average Bonchev–Trinajstić information content (AvgIpc) is 1.96. The van der Waals surface area contributed by atoms with Crippen LogP contribution in [0.2, 0.25) is 5.02 Å². The molecule has 0 radical (unpaired) electrons. The highest BCUT2D eigenvalue weighted by Crippen LogP contribution is 2.17. The van der Waals surface area contributed by atoms with E-state index in [1.807, 2.05) is 25.1 Å². The maximum Gasteiger partial charge on any atom is 0.134 e. The van der Waals surface area contributed by atoms with Gasteiger partial charge in [-0.15, -0.1) is 0 Å². The number of halogens is 1. The number of carbonyl (C=O) groups excluding carboxylic acids is 1. The van der Waals surface area contributed by atoms with Gasteiger partial charge >= 0.3 is 0 Å². The average molecular weight is 183 g/mol. The zero-order valence-electron chi connectivity index (χ0n) is 7.23. The first kappa shape index (κ1) is 9.27. The molecule has 0 N–H and O–H groups in total. The van der Waals surface area contributed by atoms with Gasteiger partial charge in [0.05, 0.1) is 0 Å². The maximum atomic E-state index is 10.8. The molecule has 1 aromatic carbocycles. The third-order valence-corrected chi connectivity index (χ3v) is 2.01. The van der Waals surface area contributed by atoms with Crippen LogP contribution in [0.1, 0.15) is 18.1 Å². The second kappa shape index (κ2) is 3.72. The van der Waals surface area contributed by atoms with Gasteiger partial charge in [0.25, 0.3) is 0 Å². The molecule has 0 saturated heterocycles. The minimum absolute atomic E-state index is 0.141. The molecule has 0 aromatic heterocycles. The molecule has 0 unspecified atom stereocenters. The summed E-state index contributed by atoms with van der Waals surface area (Å²) in [5.41, 5.74) is 2.06. The van der Waals surface area contributed by atoms with Gasteiger partial charge in [-0.2, -0.15) is 0 Å². The number of benzene rings is 1. The van der Waals surface area contributed by atoms with E-state index >= 15 is 0 Å². The van der Waals surface area contributed by atoms with Gasteiger partial charge in [0.15, 0.2) is 0 Å². The number of carbonyl (C=O) groups is 1. The number of ketones is 1. The summed E-state index contributed by atoms with van der Waals surface area (Å²) in [4.78, 5) is 10.8. The molecular weight excluding hydrogens is 172 g/mol. The normalized spacial score (nSPS) is 9.92. The van der Waals surface area contributed by atoms with Crippen molar-refractivity contribution in [3.05, 3.63) is 34.3 Å². The Morgan fingerprint density at radius 3 is 2.75 bits per heavy atom. The fraction of sp³-hybridized carbons (Fsp3) is 0.300. The molecule has 12 heavy (non-hydrogen) atoms. The smallest absolute Gasteiger partial charge is 0.134 e. The molecule has 0 fully saturated rings. The van der Waals surface area contributed by atoms with Crippen LogP contribution in [0.5, 0.6) is 0 Å². The van der Waals surface area contributed by atoms with Crippen LogP contribution < -0.4 is 0 Å². The summed E-state index contributed by atoms with van der Waals surface area (Å²) in [6.45, 7) is 3.55. The molecule has 0 amide bonds. The minimum atomic E-state index is 0.141. The summed E-state index contributed by atoms with van der Waals surface area (Å²) in [6, 6.07) is 5.71. The molecule has 0 bridgehead atoms. The Balaban J connectivity index is 2.97. The van der Waals surface area contributed by atoms with Gasteiger partial charge in [-0.05, 0) is 25.5 Å². The van der Waals surface area contributed by atoms with Crippen molar-refractivity contribution in [2.45, 2.75) is 20.3 Å². The Bertz CT molecular complexity index is 305. The summed E-state index contributed by atoms with van der Waals surface area (Å²) in [6.07, 6.45) is 0.431. The van der Waals surface area contributed by atoms with Gasteiger partial charge in [0.1, 0.15) is 5.78 Å². The Labute approximate surface area is 77.4 Å². The molecule has 64 valence electrons. The molecule has 2 heteroatoms. The van der Waals surface area contributed by atoms with Crippen LogP contribution in [0.3, 0.4) is 0 Å². The van der Waals surface area contributed by atoms with E-state index in [-0.39, 0.29) is 5.78 Å². The number of rotatable bonds is 2. The number of aryl methyl sites for hydroxylation is 1. The van der Waals surface area contributed by atoms with E-state index in [9.17, 15) is 4.79 Å². The highest BCUT2D eigenvalue weighted by atomic mass is 35.5. The molecular formula is C10H11ClO. The maximum absolute atomic E-state index is 10.8. The van der Waals surface area contributed by atoms with Crippen LogP contribution in [0.25, 0.3) is 0 Å². The molecule has 0 heterocycles. The van der Waals surface area contributed by atoms with Crippen molar-refractivity contribution in [1.29, 1.82) is 0 Å². The lowest BCUT2D eigenvalue weighted by Gasteiger charge is -2.02. The van der Waals surface area contributed by atoms with Crippen molar-refractivity contribution in [2.24, 2.45) is 0 Å². The van der Waals surface area contributed by atoms with E-state index in [2.05, 4.69) is 0 Å². The zero-order valence-corrected chi connectivity index (χ0v) is 7.98. The molecule has 1 aromatic rings. The first-order chi connectivity index (χ1) is 5.59. The van der Waals surface area contributed by atoms with Crippen LogP contribution in [0.4, 0.5) is 0 Å². The van der Waals surface area contributed by atoms with Crippen molar-refractivity contribution in [3.8, 4) is 0 Å². The second-order valence-electron chi connectivity index (χ2n) is 2.97. The van der Waals surface area contributed by atoms with Gasteiger partial charge in [-0.25, -0.2) is 0 Å². The quantitative estimate of drug-likeness (QED) is 0.688. The van der Waals surface area contributed by atoms with Crippen molar-refractivity contribution < 1.29 is 4.79 Å². The van der Waals surface area contributed by atoms with Gasteiger partial charge < -0.3 is 0 Å². The minimum Gasteiger partial charge on any atom is -0.300 e. The Morgan fingerprint density at radius 1 is 1.50 bits per heavy atom. The van der Waals surface area contributed by atoms with Crippen LogP contribution in [-0.4, -0.2) is 5.78 Å². The molecule has 1 rings (SSSR count). The monoisotopic (exact) mass is 182 g/mol. The molecule has 0 spiro atoms. The van der Waals surface area contributed by atoms with Crippen molar-refractivity contribution >= 4 is 17.4 Å². The van der Waals surface area contributed by atoms with Crippen LogP contribution in [-0.2, 0) is 11.2 Å². The topological polar surface area (TPSA) is 17.1 Å². The molecule has 1 nitrogen and oxygen atoms in total. The van der Waals surface area contributed by atoms with E-state index in [0.717, 1.165) is 11.1 Å². The van der Waals surface area contributed by atoms with Crippen LogP contribution >= 0.6 is 11.6 Å². The highest BCUT2D eigenvalue weighted by Gasteiger charge is 2.02.